The van der Waals surface area contributed by atoms with E-state index in [1.165, 1.54) is 99.8 Å². The van der Waals surface area contributed by atoms with Crippen LogP contribution in [0, 0.1) is 0 Å². The first-order valence-electron chi connectivity index (χ1n) is 22.9. The van der Waals surface area contributed by atoms with Gasteiger partial charge in [-0.1, -0.05) is 224 Å². The number of nitrogens with zero attached hydrogens (tertiary/aromatic N) is 1. The molecular formula is C64H47N. The van der Waals surface area contributed by atoms with Gasteiger partial charge in [0.25, 0.3) is 0 Å². The molecule has 0 fully saturated rings. The first kappa shape index (κ1) is 38.7. The second-order valence-electron chi connectivity index (χ2n) is 17.5. The van der Waals surface area contributed by atoms with E-state index in [1.807, 2.05) is 0 Å². The van der Waals surface area contributed by atoms with Gasteiger partial charge in [-0.25, -0.2) is 0 Å². The molecule has 1 atom stereocenters. The van der Waals surface area contributed by atoms with Crippen molar-refractivity contribution in [2.75, 3.05) is 0 Å². The van der Waals surface area contributed by atoms with Gasteiger partial charge in [0.15, 0.2) is 0 Å². The van der Waals surface area contributed by atoms with Crippen LogP contribution in [-0.2, 0) is 11.8 Å². The minimum Gasteiger partial charge on any atom is -0.309 e. The Morgan fingerprint density at radius 2 is 0.862 bits per heavy atom. The summed E-state index contributed by atoms with van der Waals surface area (Å²) in [6.07, 6.45) is 1.90. The third-order valence-corrected chi connectivity index (χ3v) is 14.0. The van der Waals surface area contributed by atoms with Crippen LogP contribution in [0.3, 0.4) is 0 Å². The summed E-state index contributed by atoms with van der Waals surface area (Å²) in [7, 11) is 0. The van der Waals surface area contributed by atoms with E-state index in [9.17, 15) is 0 Å². The Morgan fingerprint density at radius 1 is 0.354 bits per heavy atom. The maximum Gasteiger partial charge on any atom is 0.0713 e. The summed E-state index contributed by atoms with van der Waals surface area (Å²) in [5, 5.41) is 2.58. The number of fused-ring (bicyclic) bond motifs is 6. The Morgan fingerprint density at radius 3 is 1.54 bits per heavy atom. The summed E-state index contributed by atoms with van der Waals surface area (Å²) in [5.74, 6) is 0.157. The molecule has 11 aromatic rings. The second kappa shape index (κ2) is 16.3. The van der Waals surface area contributed by atoms with Gasteiger partial charge < -0.3 is 4.57 Å². The van der Waals surface area contributed by atoms with E-state index < -0.39 is 5.41 Å². The molecule has 0 N–H and O–H groups in total. The lowest BCUT2D eigenvalue weighted by atomic mass is 9.67. The molecule has 0 spiro atoms. The van der Waals surface area contributed by atoms with Gasteiger partial charge in [-0.2, -0.15) is 0 Å². The van der Waals surface area contributed by atoms with Crippen molar-refractivity contribution in [3.8, 4) is 39.1 Å². The van der Waals surface area contributed by atoms with Gasteiger partial charge in [-0.15, -0.1) is 0 Å². The van der Waals surface area contributed by atoms with Crippen LogP contribution in [0.2, 0.25) is 0 Å². The Kier molecular flexibility index (Phi) is 9.68. The van der Waals surface area contributed by atoms with Crippen LogP contribution < -0.4 is 0 Å². The summed E-state index contributed by atoms with van der Waals surface area (Å²) < 4.78 is 2.41. The highest BCUT2D eigenvalue weighted by atomic mass is 15.0. The molecule has 12 rings (SSSR count). The first-order chi connectivity index (χ1) is 32.2. The van der Waals surface area contributed by atoms with Gasteiger partial charge in [0.2, 0.25) is 0 Å². The average molecular weight is 830 g/mol. The van der Waals surface area contributed by atoms with Gasteiger partial charge in [-0.05, 0) is 115 Å². The molecule has 1 aliphatic carbocycles. The van der Waals surface area contributed by atoms with Gasteiger partial charge in [0.05, 0.1) is 16.4 Å². The first-order valence-corrected chi connectivity index (χ1v) is 22.9. The van der Waals surface area contributed by atoms with Crippen molar-refractivity contribution in [3.63, 3.8) is 0 Å². The molecule has 65 heavy (non-hydrogen) atoms. The van der Waals surface area contributed by atoms with Crippen LogP contribution in [0.25, 0.3) is 60.9 Å². The molecule has 0 saturated heterocycles. The zero-order valence-corrected chi connectivity index (χ0v) is 36.2. The molecule has 308 valence electrons. The molecule has 1 heterocycles. The summed E-state index contributed by atoms with van der Waals surface area (Å²) >= 11 is 0. The van der Waals surface area contributed by atoms with Crippen LogP contribution >= 0.6 is 0 Å². The highest BCUT2D eigenvalue weighted by molar-refractivity contribution is 6.09. The Hall–Kier alpha value is -8.00. The summed E-state index contributed by atoms with van der Waals surface area (Å²) in [6.45, 7) is 0. The highest BCUT2D eigenvalue weighted by Crippen LogP contribution is 2.56. The Balaban J connectivity index is 0.973. The summed E-state index contributed by atoms with van der Waals surface area (Å²) in [4.78, 5) is 0. The van der Waals surface area contributed by atoms with Crippen molar-refractivity contribution >= 4 is 21.8 Å². The number of para-hydroxylation sites is 2. The van der Waals surface area contributed by atoms with Crippen molar-refractivity contribution in [2.24, 2.45) is 0 Å². The molecule has 1 heteroatoms. The predicted molar refractivity (Wildman–Crippen MR) is 272 cm³/mol. The molecule has 0 saturated carbocycles. The fourth-order valence-corrected chi connectivity index (χ4v) is 10.9. The molecule has 10 aromatic carbocycles. The summed E-state index contributed by atoms with van der Waals surface area (Å²) in [5.41, 5.74) is 20.0. The SMILES string of the molecule is c1ccc(-c2ccc(-c3ccc(C(CCc4ccc5c(c4)c4ccccc4n5-c4ccccc4)c4ccc5c(c4)C(c4ccccc4)(c4ccccc4)c4ccccc4-5)cc3)cc2)cc1. The maximum absolute atomic E-state index is 2.56. The van der Waals surface area contributed by atoms with E-state index in [-0.39, 0.29) is 5.92 Å². The Bertz CT molecular complexity index is 3400. The average Bonchev–Trinajstić information content (AvgIpc) is 3.88. The molecule has 0 bridgehead atoms. The lowest BCUT2D eigenvalue weighted by molar-refractivity contribution is 0.709. The van der Waals surface area contributed by atoms with Gasteiger partial charge >= 0.3 is 0 Å². The van der Waals surface area contributed by atoms with Crippen LogP contribution in [-0.4, -0.2) is 4.57 Å². The van der Waals surface area contributed by atoms with Crippen molar-refractivity contribution in [1.29, 1.82) is 0 Å². The van der Waals surface area contributed by atoms with E-state index in [0.29, 0.717) is 0 Å². The van der Waals surface area contributed by atoms with E-state index in [4.69, 9.17) is 0 Å². The highest BCUT2D eigenvalue weighted by Gasteiger charge is 2.46. The fourth-order valence-electron chi connectivity index (χ4n) is 10.9. The molecule has 1 unspecified atom stereocenters. The minimum absolute atomic E-state index is 0.157. The van der Waals surface area contributed by atoms with Gasteiger partial charge in [0, 0.05) is 22.4 Å². The molecule has 1 aromatic heterocycles. The van der Waals surface area contributed by atoms with Gasteiger partial charge in [0.1, 0.15) is 0 Å². The lowest BCUT2D eigenvalue weighted by Crippen LogP contribution is -2.28. The monoisotopic (exact) mass is 829 g/mol. The van der Waals surface area contributed by atoms with Crippen molar-refractivity contribution < 1.29 is 0 Å². The van der Waals surface area contributed by atoms with E-state index in [1.54, 1.807) is 0 Å². The topological polar surface area (TPSA) is 4.93 Å². The van der Waals surface area contributed by atoms with E-state index in [2.05, 4.69) is 259 Å². The normalized spacial score (nSPS) is 13.1. The zero-order chi connectivity index (χ0) is 43.2. The Labute approximate surface area is 381 Å². The molecule has 0 aliphatic heterocycles. The van der Waals surface area contributed by atoms with Crippen LogP contribution in [0.5, 0.6) is 0 Å². The number of benzene rings is 10. The largest absolute Gasteiger partial charge is 0.309 e. The molecule has 0 radical (unpaired) electrons. The summed E-state index contributed by atoms with van der Waals surface area (Å²) in [6, 6.07) is 94.5. The third kappa shape index (κ3) is 6.62. The van der Waals surface area contributed by atoms with Crippen molar-refractivity contribution in [1.82, 2.24) is 4.57 Å². The predicted octanol–water partition coefficient (Wildman–Crippen LogP) is 16.2. The molecule has 1 nitrogen and oxygen atoms in total. The van der Waals surface area contributed by atoms with Crippen LogP contribution in [0.1, 0.15) is 51.3 Å². The third-order valence-electron chi connectivity index (χ3n) is 14.0. The number of aryl methyl sites for hydroxylation is 1. The number of hydrogen-bond donors (Lipinski definition) is 0. The smallest absolute Gasteiger partial charge is 0.0713 e. The zero-order valence-electron chi connectivity index (χ0n) is 36.2. The molecule has 0 amide bonds. The lowest BCUT2D eigenvalue weighted by Gasteiger charge is -2.34. The van der Waals surface area contributed by atoms with Gasteiger partial charge in [-0.3, -0.25) is 0 Å². The van der Waals surface area contributed by atoms with Crippen LogP contribution in [0.15, 0.2) is 255 Å². The minimum atomic E-state index is -0.456. The maximum atomic E-state index is 2.56. The molecule has 1 aliphatic rings. The quantitative estimate of drug-likeness (QED) is 0.129. The number of aromatic nitrogens is 1. The van der Waals surface area contributed by atoms with E-state index >= 15 is 0 Å². The van der Waals surface area contributed by atoms with E-state index in [0.717, 1.165) is 12.8 Å². The number of hydrogen-bond acceptors (Lipinski definition) is 0. The standard InChI is InChI=1S/C64H47N/c1-5-17-46(18-6-1)47-31-33-48(34-32-47)49-35-37-50(38-36-49)55(40-29-45-30-42-63-59(43-45)58-26-14-16-28-62(58)65(63)54-23-11-4-12-24-54)51-39-41-57-56-25-13-15-27-60(56)64(61(57)44-51,52-19-7-2-8-20-52)53-21-9-3-10-22-53/h1-28,30-39,41-44,55H,29,40H2. The van der Waals surface area contributed by atoms with Crippen LogP contribution in [0.4, 0.5) is 0 Å². The number of rotatable bonds is 10. The fraction of sp³-hybridized carbons (Fsp3) is 0.0625. The second-order valence-corrected chi connectivity index (χ2v) is 17.5. The van der Waals surface area contributed by atoms with Crippen molar-refractivity contribution in [2.45, 2.75) is 24.2 Å². The van der Waals surface area contributed by atoms with Crippen molar-refractivity contribution in [3.05, 3.63) is 294 Å². The molecular weight excluding hydrogens is 783 g/mol.